The van der Waals surface area contributed by atoms with E-state index >= 15 is 0 Å². The highest BCUT2D eigenvalue weighted by Gasteiger charge is 2.19. The Bertz CT molecular complexity index is 330. The number of hydrogen-bond acceptors (Lipinski definition) is 4. The lowest BCUT2D eigenvalue weighted by molar-refractivity contribution is 0.425. The zero-order chi connectivity index (χ0) is 12.1. The summed E-state index contributed by atoms with van der Waals surface area (Å²) in [5.74, 6) is 0.997. The van der Waals surface area contributed by atoms with Gasteiger partial charge in [0.1, 0.15) is 5.82 Å². The second-order valence-electron chi connectivity index (χ2n) is 4.80. The standard InChI is InChI=1S/C13H22N4/c1-14-8-11-9-16-13(10-15-11)17(2)12-6-4-3-5-7-12/h9-10,12,14H,3-8H2,1-2H3. The monoisotopic (exact) mass is 234 g/mol. The molecule has 1 saturated carbocycles. The third-order valence-corrected chi connectivity index (χ3v) is 3.53. The van der Waals surface area contributed by atoms with Crippen LogP contribution in [0.5, 0.6) is 0 Å². The summed E-state index contributed by atoms with van der Waals surface area (Å²) in [6, 6.07) is 0.646. The molecule has 4 nitrogen and oxygen atoms in total. The highest BCUT2D eigenvalue weighted by molar-refractivity contribution is 5.36. The topological polar surface area (TPSA) is 41.1 Å². The molecule has 0 aliphatic heterocycles. The van der Waals surface area contributed by atoms with Crippen LogP contribution < -0.4 is 10.2 Å². The largest absolute Gasteiger partial charge is 0.355 e. The third-order valence-electron chi connectivity index (χ3n) is 3.53. The first-order valence-electron chi connectivity index (χ1n) is 6.49. The van der Waals surface area contributed by atoms with Crippen molar-refractivity contribution >= 4 is 5.82 Å². The molecule has 0 saturated heterocycles. The number of aromatic nitrogens is 2. The van der Waals surface area contributed by atoms with Gasteiger partial charge in [0.05, 0.1) is 18.1 Å². The highest BCUT2D eigenvalue weighted by Crippen LogP contribution is 2.24. The molecule has 0 amide bonds. The average molecular weight is 234 g/mol. The van der Waals surface area contributed by atoms with E-state index in [1.54, 1.807) is 0 Å². The van der Waals surface area contributed by atoms with Crippen LogP contribution in [0.3, 0.4) is 0 Å². The molecule has 0 spiro atoms. The van der Waals surface area contributed by atoms with Gasteiger partial charge in [0.2, 0.25) is 0 Å². The third kappa shape index (κ3) is 3.16. The van der Waals surface area contributed by atoms with Gasteiger partial charge >= 0.3 is 0 Å². The fourth-order valence-electron chi connectivity index (χ4n) is 2.46. The van der Waals surface area contributed by atoms with Crippen LogP contribution in [0.2, 0.25) is 0 Å². The normalized spacial score (nSPS) is 17.1. The predicted molar refractivity (Wildman–Crippen MR) is 70.1 cm³/mol. The van der Waals surface area contributed by atoms with Crippen molar-refractivity contribution in [2.24, 2.45) is 0 Å². The number of anilines is 1. The van der Waals surface area contributed by atoms with E-state index in [0.717, 1.165) is 18.1 Å². The Kier molecular flexibility index (Phi) is 4.31. The smallest absolute Gasteiger partial charge is 0.147 e. The quantitative estimate of drug-likeness (QED) is 0.864. The summed E-state index contributed by atoms with van der Waals surface area (Å²) < 4.78 is 0. The van der Waals surface area contributed by atoms with E-state index in [9.17, 15) is 0 Å². The zero-order valence-corrected chi connectivity index (χ0v) is 10.8. The van der Waals surface area contributed by atoms with Gasteiger partial charge in [0, 0.05) is 19.6 Å². The van der Waals surface area contributed by atoms with Crippen molar-refractivity contribution in [2.45, 2.75) is 44.7 Å². The second-order valence-corrected chi connectivity index (χ2v) is 4.80. The molecular formula is C13H22N4. The molecular weight excluding hydrogens is 212 g/mol. The van der Waals surface area contributed by atoms with E-state index in [0.29, 0.717) is 6.04 Å². The minimum absolute atomic E-state index is 0.646. The van der Waals surface area contributed by atoms with E-state index in [1.165, 1.54) is 32.1 Å². The van der Waals surface area contributed by atoms with Crippen molar-refractivity contribution in [3.05, 3.63) is 18.1 Å². The summed E-state index contributed by atoms with van der Waals surface area (Å²) in [6.07, 6.45) is 10.4. The van der Waals surface area contributed by atoms with Crippen molar-refractivity contribution in [3.63, 3.8) is 0 Å². The van der Waals surface area contributed by atoms with Crippen LogP contribution in [0.4, 0.5) is 5.82 Å². The summed E-state index contributed by atoms with van der Waals surface area (Å²) in [6.45, 7) is 0.778. The predicted octanol–water partition coefficient (Wildman–Crippen LogP) is 1.96. The summed E-state index contributed by atoms with van der Waals surface area (Å²) in [7, 11) is 4.06. The van der Waals surface area contributed by atoms with E-state index < -0.39 is 0 Å². The van der Waals surface area contributed by atoms with Crippen molar-refractivity contribution in [3.8, 4) is 0 Å². The second kappa shape index (κ2) is 5.96. The van der Waals surface area contributed by atoms with Gasteiger partial charge in [-0.05, 0) is 19.9 Å². The van der Waals surface area contributed by atoms with Gasteiger partial charge in [-0.3, -0.25) is 4.98 Å². The number of hydrogen-bond donors (Lipinski definition) is 1. The Morgan fingerprint density at radius 2 is 2.00 bits per heavy atom. The molecule has 1 heterocycles. The van der Waals surface area contributed by atoms with Crippen LogP contribution in [0.15, 0.2) is 12.4 Å². The molecule has 1 N–H and O–H groups in total. The number of rotatable bonds is 4. The summed E-state index contributed by atoms with van der Waals surface area (Å²) >= 11 is 0. The first-order chi connectivity index (χ1) is 8.31. The molecule has 1 aromatic rings. The molecule has 0 atom stereocenters. The Morgan fingerprint density at radius 1 is 1.24 bits per heavy atom. The number of nitrogens with zero attached hydrogens (tertiary/aromatic N) is 3. The fraction of sp³-hybridized carbons (Fsp3) is 0.692. The van der Waals surface area contributed by atoms with Crippen molar-refractivity contribution in [2.75, 3.05) is 19.0 Å². The van der Waals surface area contributed by atoms with E-state index in [1.807, 2.05) is 19.4 Å². The molecule has 1 aliphatic carbocycles. The Hall–Kier alpha value is -1.16. The fourth-order valence-corrected chi connectivity index (χ4v) is 2.46. The molecule has 0 unspecified atom stereocenters. The molecule has 94 valence electrons. The minimum atomic E-state index is 0.646. The Morgan fingerprint density at radius 3 is 2.59 bits per heavy atom. The van der Waals surface area contributed by atoms with Gasteiger partial charge in [0.15, 0.2) is 0 Å². The van der Waals surface area contributed by atoms with Crippen molar-refractivity contribution < 1.29 is 0 Å². The van der Waals surface area contributed by atoms with Crippen LogP contribution in [0.1, 0.15) is 37.8 Å². The van der Waals surface area contributed by atoms with E-state index in [2.05, 4.69) is 27.2 Å². The molecule has 0 radical (unpaired) electrons. The molecule has 4 heteroatoms. The first kappa shape index (κ1) is 12.3. The van der Waals surface area contributed by atoms with Crippen molar-refractivity contribution in [1.29, 1.82) is 0 Å². The van der Waals surface area contributed by atoms with Crippen LogP contribution in [0, 0.1) is 0 Å². The molecule has 1 aliphatic rings. The molecule has 17 heavy (non-hydrogen) atoms. The van der Waals surface area contributed by atoms with Gasteiger partial charge in [-0.2, -0.15) is 0 Å². The summed E-state index contributed by atoms with van der Waals surface area (Å²) in [5.41, 5.74) is 0.994. The van der Waals surface area contributed by atoms with Crippen LogP contribution in [0.25, 0.3) is 0 Å². The molecule has 1 aromatic heterocycles. The first-order valence-corrected chi connectivity index (χ1v) is 6.49. The van der Waals surface area contributed by atoms with E-state index in [-0.39, 0.29) is 0 Å². The van der Waals surface area contributed by atoms with Gasteiger partial charge in [0.25, 0.3) is 0 Å². The van der Waals surface area contributed by atoms with Crippen LogP contribution >= 0.6 is 0 Å². The Labute approximate surface area is 103 Å². The lowest BCUT2D eigenvalue weighted by atomic mass is 9.94. The highest BCUT2D eigenvalue weighted by atomic mass is 15.2. The molecule has 0 aromatic carbocycles. The maximum atomic E-state index is 4.50. The minimum Gasteiger partial charge on any atom is -0.355 e. The average Bonchev–Trinajstić information content (AvgIpc) is 2.40. The van der Waals surface area contributed by atoms with Gasteiger partial charge in [-0.25, -0.2) is 4.98 Å². The molecule has 1 fully saturated rings. The maximum absolute atomic E-state index is 4.50. The zero-order valence-electron chi connectivity index (χ0n) is 10.8. The van der Waals surface area contributed by atoms with Crippen LogP contribution in [-0.2, 0) is 6.54 Å². The van der Waals surface area contributed by atoms with Crippen LogP contribution in [-0.4, -0.2) is 30.1 Å². The lowest BCUT2D eigenvalue weighted by Crippen LogP contribution is -2.34. The van der Waals surface area contributed by atoms with Gasteiger partial charge in [-0.1, -0.05) is 19.3 Å². The summed E-state index contributed by atoms with van der Waals surface area (Å²) in [5, 5.41) is 3.08. The summed E-state index contributed by atoms with van der Waals surface area (Å²) in [4.78, 5) is 11.2. The SMILES string of the molecule is CNCc1cnc(N(C)C2CCCCC2)cn1. The lowest BCUT2D eigenvalue weighted by Gasteiger charge is -2.31. The number of nitrogens with one attached hydrogen (secondary N) is 1. The van der Waals surface area contributed by atoms with Gasteiger partial charge in [-0.15, -0.1) is 0 Å². The van der Waals surface area contributed by atoms with Crippen molar-refractivity contribution in [1.82, 2.24) is 15.3 Å². The Balaban J connectivity index is 2.00. The maximum Gasteiger partial charge on any atom is 0.147 e. The molecule has 0 bridgehead atoms. The van der Waals surface area contributed by atoms with Gasteiger partial charge < -0.3 is 10.2 Å². The molecule has 2 rings (SSSR count). The van der Waals surface area contributed by atoms with E-state index in [4.69, 9.17) is 0 Å².